The van der Waals surface area contributed by atoms with Gasteiger partial charge in [-0.2, -0.15) is 0 Å². The van der Waals surface area contributed by atoms with Gasteiger partial charge in [-0.25, -0.2) is 4.79 Å². The van der Waals surface area contributed by atoms with Gasteiger partial charge in [-0.1, -0.05) is 0 Å². The minimum Gasteiger partial charge on any atom is -0.481 e. The second-order valence-corrected chi connectivity index (χ2v) is 4.51. The Morgan fingerprint density at radius 3 is 2.95 bits per heavy atom. The highest BCUT2D eigenvalue weighted by atomic mass is 16.5. The lowest BCUT2D eigenvalue weighted by molar-refractivity contribution is -0.142. The van der Waals surface area contributed by atoms with E-state index in [-0.39, 0.29) is 19.2 Å². The number of carboxylic acid groups (broad SMARTS) is 1. The number of aromatic nitrogens is 1. The van der Waals surface area contributed by atoms with Crippen LogP contribution in [0.5, 0.6) is 0 Å². The molecule has 1 aromatic rings. The second-order valence-electron chi connectivity index (χ2n) is 4.51. The number of hydrogen-bond donors (Lipinski definition) is 2. The molecule has 2 atom stereocenters. The number of carbonyl (C=O) groups is 2. The Balaban J connectivity index is 2.07. The second kappa shape index (κ2) is 6.33. The molecule has 0 saturated carbocycles. The lowest BCUT2D eigenvalue weighted by Gasteiger charge is -2.29. The van der Waals surface area contributed by atoms with Crippen molar-refractivity contribution in [3.63, 3.8) is 0 Å². The van der Waals surface area contributed by atoms with Crippen LogP contribution in [0.15, 0.2) is 24.5 Å². The first-order valence-corrected chi connectivity index (χ1v) is 6.41. The van der Waals surface area contributed by atoms with E-state index in [1.54, 1.807) is 25.3 Å². The largest absolute Gasteiger partial charge is 0.481 e. The third kappa shape index (κ3) is 3.05. The van der Waals surface area contributed by atoms with Crippen LogP contribution in [-0.4, -0.2) is 52.8 Å². The van der Waals surface area contributed by atoms with Gasteiger partial charge in [-0.15, -0.1) is 0 Å². The molecule has 2 rings (SSSR count). The van der Waals surface area contributed by atoms with Crippen LogP contribution in [-0.2, 0) is 9.53 Å². The molecule has 20 heavy (non-hydrogen) atoms. The van der Waals surface area contributed by atoms with Crippen molar-refractivity contribution in [2.75, 3.05) is 25.1 Å². The minimum atomic E-state index is -0.944. The summed E-state index contributed by atoms with van der Waals surface area (Å²) in [7, 11) is 0. The standard InChI is InChI=1S/C13H17N3O4/c1-2-16(11-8-20-7-10(11)12(17)18)13(19)15-9-4-3-5-14-6-9/h3-6,10-11H,2,7-8H2,1H3,(H,15,19)(H,17,18). The molecule has 0 radical (unpaired) electrons. The van der Waals surface area contributed by atoms with Gasteiger partial charge in [0, 0.05) is 12.7 Å². The number of ether oxygens (including phenoxy) is 1. The van der Waals surface area contributed by atoms with Gasteiger partial charge in [0.25, 0.3) is 0 Å². The van der Waals surface area contributed by atoms with Crippen molar-refractivity contribution >= 4 is 17.7 Å². The van der Waals surface area contributed by atoms with Crippen LogP contribution in [0.1, 0.15) is 6.92 Å². The summed E-state index contributed by atoms with van der Waals surface area (Å²) in [6, 6.07) is 2.64. The molecule has 1 aromatic heterocycles. The van der Waals surface area contributed by atoms with Crippen molar-refractivity contribution in [3.8, 4) is 0 Å². The molecule has 7 nitrogen and oxygen atoms in total. The Bertz CT molecular complexity index is 480. The van der Waals surface area contributed by atoms with Crippen molar-refractivity contribution in [1.82, 2.24) is 9.88 Å². The minimum absolute atomic E-state index is 0.136. The Morgan fingerprint density at radius 1 is 1.55 bits per heavy atom. The molecule has 108 valence electrons. The summed E-state index contributed by atoms with van der Waals surface area (Å²) in [5.74, 6) is -1.63. The smallest absolute Gasteiger partial charge is 0.322 e. The molecular formula is C13H17N3O4. The third-order valence-electron chi connectivity index (χ3n) is 3.28. The van der Waals surface area contributed by atoms with E-state index < -0.39 is 17.9 Å². The van der Waals surface area contributed by atoms with Crippen LogP contribution in [0, 0.1) is 5.92 Å². The van der Waals surface area contributed by atoms with Gasteiger partial charge in [0.15, 0.2) is 0 Å². The van der Waals surface area contributed by atoms with Gasteiger partial charge in [0.2, 0.25) is 0 Å². The van der Waals surface area contributed by atoms with Gasteiger partial charge in [-0.05, 0) is 19.1 Å². The summed E-state index contributed by atoms with van der Waals surface area (Å²) in [5, 5.41) is 11.9. The average molecular weight is 279 g/mol. The summed E-state index contributed by atoms with van der Waals surface area (Å²) >= 11 is 0. The van der Waals surface area contributed by atoms with Crippen LogP contribution < -0.4 is 5.32 Å². The molecule has 0 aromatic carbocycles. The van der Waals surface area contributed by atoms with Crippen molar-refractivity contribution in [2.24, 2.45) is 5.92 Å². The number of amides is 2. The Hall–Kier alpha value is -2.15. The third-order valence-corrected chi connectivity index (χ3v) is 3.28. The number of aliphatic carboxylic acids is 1. The first-order valence-electron chi connectivity index (χ1n) is 6.41. The van der Waals surface area contributed by atoms with Crippen LogP contribution in [0.2, 0.25) is 0 Å². The topological polar surface area (TPSA) is 91.8 Å². The molecule has 2 unspecified atom stereocenters. The maximum atomic E-state index is 12.2. The van der Waals surface area contributed by atoms with E-state index in [9.17, 15) is 9.59 Å². The molecule has 2 heterocycles. The maximum Gasteiger partial charge on any atom is 0.322 e. The van der Waals surface area contributed by atoms with E-state index >= 15 is 0 Å². The maximum absolute atomic E-state index is 12.2. The fourth-order valence-electron chi connectivity index (χ4n) is 2.25. The fourth-order valence-corrected chi connectivity index (χ4v) is 2.25. The van der Waals surface area contributed by atoms with Crippen molar-refractivity contribution in [2.45, 2.75) is 13.0 Å². The van der Waals surface area contributed by atoms with Gasteiger partial charge >= 0.3 is 12.0 Å². The van der Waals surface area contributed by atoms with E-state index in [4.69, 9.17) is 9.84 Å². The van der Waals surface area contributed by atoms with Crippen molar-refractivity contribution in [1.29, 1.82) is 0 Å². The van der Waals surface area contributed by atoms with E-state index in [1.807, 2.05) is 0 Å². The van der Waals surface area contributed by atoms with E-state index in [0.29, 0.717) is 12.2 Å². The van der Waals surface area contributed by atoms with Crippen molar-refractivity contribution in [3.05, 3.63) is 24.5 Å². The Labute approximate surface area is 116 Å². The number of carboxylic acids is 1. The lowest BCUT2D eigenvalue weighted by Crippen LogP contribution is -2.48. The van der Waals surface area contributed by atoms with E-state index in [2.05, 4.69) is 10.3 Å². The number of likely N-dealkylation sites (N-methyl/N-ethyl adjacent to an activating group) is 1. The Kier molecular flexibility index (Phi) is 4.52. The predicted molar refractivity (Wildman–Crippen MR) is 71.4 cm³/mol. The molecule has 0 bridgehead atoms. The van der Waals surface area contributed by atoms with E-state index in [1.165, 1.54) is 11.1 Å². The highest BCUT2D eigenvalue weighted by Gasteiger charge is 2.39. The highest BCUT2D eigenvalue weighted by Crippen LogP contribution is 2.21. The molecule has 2 N–H and O–H groups in total. The Morgan fingerprint density at radius 2 is 2.35 bits per heavy atom. The first-order chi connectivity index (χ1) is 9.63. The molecule has 2 amide bonds. The molecular weight excluding hydrogens is 262 g/mol. The zero-order valence-electron chi connectivity index (χ0n) is 11.2. The van der Waals surface area contributed by atoms with Gasteiger partial charge in [0.05, 0.1) is 31.1 Å². The summed E-state index contributed by atoms with van der Waals surface area (Å²) < 4.78 is 5.20. The monoisotopic (exact) mass is 279 g/mol. The van der Waals surface area contributed by atoms with Crippen LogP contribution >= 0.6 is 0 Å². The summed E-state index contributed by atoms with van der Waals surface area (Å²) in [4.78, 5) is 28.8. The quantitative estimate of drug-likeness (QED) is 0.859. The number of urea groups is 1. The number of anilines is 1. The van der Waals surface area contributed by atoms with Gasteiger partial charge in [0.1, 0.15) is 5.92 Å². The highest BCUT2D eigenvalue weighted by molar-refractivity contribution is 5.89. The summed E-state index contributed by atoms with van der Waals surface area (Å²) in [6.07, 6.45) is 3.14. The molecule has 7 heteroatoms. The summed E-state index contributed by atoms with van der Waals surface area (Å²) in [5.41, 5.74) is 0.571. The van der Waals surface area contributed by atoms with Crippen LogP contribution in [0.25, 0.3) is 0 Å². The molecule has 1 saturated heterocycles. The number of nitrogens with zero attached hydrogens (tertiary/aromatic N) is 2. The average Bonchev–Trinajstić information content (AvgIpc) is 2.90. The summed E-state index contributed by atoms with van der Waals surface area (Å²) in [6.45, 7) is 2.59. The van der Waals surface area contributed by atoms with Crippen LogP contribution in [0.4, 0.5) is 10.5 Å². The molecule has 0 aliphatic carbocycles. The van der Waals surface area contributed by atoms with Gasteiger partial charge < -0.3 is 20.1 Å². The number of rotatable bonds is 4. The molecule has 1 fully saturated rings. The zero-order valence-corrected chi connectivity index (χ0v) is 11.2. The van der Waals surface area contributed by atoms with Crippen molar-refractivity contribution < 1.29 is 19.4 Å². The molecule has 0 spiro atoms. The number of hydrogen-bond acceptors (Lipinski definition) is 4. The number of pyridine rings is 1. The lowest BCUT2D eigenvalue weighted by atomic mass is 10.0. The van der Waals surface area contributed by atoms with E-state index in [0.717, 1.165) is 0 Å². The first kappa shape index (κ1) is 14.3. The normalized spacial score (nSPS) is 21.4. The van der Waals surface area contributed by atoms with Gasteiger partial charge in [-0.3, -0.25) is 9.78 Å². The molecule has 1 aliphatic heterocycles. The SMILES string of the molecule is CCN(C(=O)Nc1cccnc1)C1COCC1C(=O)O. The predicted octanol–water partition coefficient (Wildman–Crippen LogP) is 1.03. The number of carbonyl (C=O) groups excluding carboxylic acids is 1. The fraction of sp³-hybridized carbons (Fsp3) is 0.462. The zero-order chi connectivity index (χ0) is 14.5. The van der Waals surface area contributed by atoms with Crippen LogP contribution in [0.3, 0.4) is 0 Å². The number of nitrogens with one attached hydrogen (secondary N) is 1. The molecule has 1 aliphatic rings.